The molecule has 0 aliphatic rings. The first kappa shape index (κ1) is 27.9. The first-order valence-corrected chi connectivity index (χ1v) is 12.1. The van der Waals surface area contributed by atoms with E-state index in [4.69, 9.17) is 23.2 Å². The highest BCUT2D eigenvalue weighted by atomic mass is 35.5. The van der Waals surface area contributed by atoms with Crippen molar-refractivity contribution in [3.63, 3.8) is 0 Å². The molecular formula is C24H28Cl2F3N3O2. The zero-order valence-electron chi connectivity index (χ0n) is 18.9. The largest absolute Gasteiger partial charge is 0.416 e. The third-order valence-corrected chi connectivity index (χ3v) is 5.76. The predicted molar refractivity (Wildman–Crippen MR) is 130 cm³/mol. The molecule has 2 aromatic rings. The fraction of sp³-hybridized carbons (Fsp3) is 0.458. The summed E-state index contributed by atoms with van der Waals surface area (Å²) in [5.74, 6) is -1.73. The van der Waals surface area contributed by atoms with Gasteiger partial charge in [0.25, 0.3) is 5.91 Å². The molecule has 0 aliphatic heterocycles. The number of anilines is 2. The van der Waals surface area contributed by atoms with E-state index in [1.807, 2.05) is 0 Å². The molecule has 0 saturated carbocycles. The van der Waals surface area contributed by atoms with Crippen LogP contribution in [0.25, 0.3) is 0 Å². The summed E-state index contributed by atoms with van der Waals surface area (Å²) >= 11 is 11.7. The number of amides is 2. The number of pyridine rings is 1. The van der Waals surface area contributed by atoms with Crippen LogP contribution in [0.2, 0.25) is 5.15 Å². The van der Waals surface area contributed by atoms with E-state index in [1.165, 1.54) is 29.3 Å². The van der Waals surface area contributed by atoms with Crippen molar-refractivity contribution >= 4 is 46.4 Å². The van der Waals surface area contributed by atoms with Gasteiger partial charge in [0.2, 0.25) is 5.91 Å². The van der Waals surface area contributed by atoms with Crippen LogP contribution in [0, 0.1) is 0 Å². The van der Waals surface area contributed by atoms with Crippen molar-refractivity contribution in [1.82, 2.24) is 4.98 Å². The molecule has 1 aromatic heterocycles. The van der Waals surface area contributed by atoms with Crippen molar-refractivity contribution in [2.75, 3.05) is 22.6 Å². The smallest absolute Gasteiger partial charge is 0.319 e. The minimum Gasteiger partial charge on any atom is -0.319 e. The van der Waals surface area contributed by atoms with Gasteiger partial charge in [0.1, 0.15) is 5.88 Å². The van der Waals surface area contributed by atoms with Crippen LogP contribution in [0.3, 0.4) is 0 Å². The van der Waals surface area contributed by atoms with E-state index in [-0.39, 0.29) is 34.5 Å². The van der Waals surface area contributed by atoms with Gasteiger partial charge >= 0.3 is 6.18 Å². The number of carbonyl (C=O) groups excluding carboxylic acids is 2. The number of aromatic nitrogens is 1. The van der Waals surface area contributed by atoms with Gasteiger partial charge < -0.3 is 10.2 Å². The standard InChI is InChI=1S/C24H28Cl2F3N3O2/c1-2-3-4-5-6-7-8-12-32(21(33)16-25)19-14-17(13-18(15-19)24(27,28)29)23(34)31-20-10-9-11-30-22(20)26/h9-11,13-15H,2-8,12,16H2,1H3,(H,31,34). The summed E-state index contributed by atoms with van der Waals surface area (Å²) in [5, 5.41) is 2.46. The fourth-order valence-corrected chi connectivity index (χ4v) is 3.74. The van der Waals surface area contributed by atoms with Crippen molar-refractivity contribution in [2.24, 2.45) is 0 Å². The minimum absolute atomic E-state index is 0.000862. The Morgan fingerprint density at radius 1 is 1.06 bits per heavy atom. The van der Waals surface area contributed by atoms with Gasteiger partial charge in [-0.15, -0.1) is 11.6 Å². The molecule has 0 fully saturated rings. The van der Waals surface area contributed by atoms with Crippen LogP contribution in [-0.2, 0) is 11.0 Å². The molecule has 0 atom stereocenters. The van der Waals surface area contributed by atoms with Gasteiger partial charge in [-0.25, -0.2) is 4.98 Å². The number of nitrogens with one attached hydrogen (secondary N) is 1. The number of halogens is 5. The topological polar surface area (TPSA) is 62.3 Å². The quantitative estimate of drug-likeness (QED) is 0.182. The SMILES string of the molecule is CCCCCCCCCN(C(=O)CCl)c1cc(C(=O)Nc2cccnc2Cl)cc(C(F)(F)F)c1. The van der Waals surface area contributed by atoms with Crippen LogP contribution >= 0.6 is 23.2 Å². The normalized spacial score (nSPS) is 11.4. The molecule has 0 radical (unpaired) electrons. The molecule has 2 rings (SSSR count). The highest BCUT2D eigenvalue weighted by Crippen LogP contribution is 2.34. The van der Waals surface area contributed by atoms with Crippen molar-refractivity contribution in [1.29, 1.82) is 0 Å². The molecule has 186 valence electrons. The van der Waals surface area contributed by atoms with Crippen molar-refractivity contribution < 1.29 is 22.8 Å². The summed E-state index contributed by atoms with van der Waals surface area (Å²) in [6.45, 7) is 2.33. The summed E-state index contributed by atoms with van der Waals surface area (Å²) in [7, 11) is 0. The number of nitrogens with zero attached hydrogens (tertiary/aromatic N) is 2. The first-order chi connectivity index (χ1) is 16.2. The molecule has 0 aliphatic carbocycles. The summed E-state index contributed by atoms with van der Waals surface area (Å²) in [6.07, 6.45) is 3.62. The lowest BCUT2D eigenvalue weighted by atomic mass is 10.1. The van der Waals surface area contributed by atoms with Gasteiger partial charge in [0, 0.05) is 24.0 Å². The predicted octanol–water partition coefficient (Wildman–Crippen LogP) is 7.33. The Bertz CT molecular complexity index is 971. The number of hydrogen-bond donors (Lipinski definition) is 1. The molecule has 1 aromatic carbocycles. The summed E-state index contributed by atoms with van der Waals surface area (Å²) in [6, 6.07) is 5.86. The molecule has 0 unspecified atom stereocenters. The maximum Gasteiger partial charge on any atom is 0.416 e. The van der Waals surface area contributed by atoms with Crippen LogP contribution in [0.15, 0.2) is 36.5 Å². The van der Waals surface area contributed by atoms with Crippen LogP contribution < -0.4 is 10.2 Å². The van der Waals surface area contributed by atoms with Gasteiger partial charge in [-0.3, -0.25) is 9.59 Å². The van der Waals surface area contributed by atoms with Crippen LogP contribution in [-0.4, -0.2) is 29.2 Å². The van der Waals surface area contributed by atoms with E-state index in [0.29, 0.717) is 6.42 Å². The maximum absolute atomic E-state index is 13.6. The monoisotopic (exact) mass is 517 g/mol. The van der Waals surface area contributed by atoms with E-state index in [2.05, 4.69) is 17.2 Å². The molecule has 34 heavy (non-hydrogen) atoms. The van der Waals surface area contributed by atoms with E-state index in [0.717, 1.165) is 50.7 Å². The van der Waals surface area contributed by atoms with Crippen molar-refractivity contribution in [3.8, 4) is 0 Å². The van der Waals surface area contributed by atoms with Gasteiger partial charge in [-0.2, -0.15) is 13.2 Å². The Morgan fingerprint density at radius 2 is 1.74 bits per heavy atom. The van der Waals surface area contributed by atoms with Gasteiger partial charge in [-0.1, -0.05) is 57.0 Å². The zero-order chi connectivity index (χ0) is 25.1. The van der Waals surface area contributed by atoms with E-state index in [1.54, 1.807) is 0 Å². The van der Waals surface area contributed by atoms with Crippen molar-refractivity contribution in [3.05, 3.63) is 52.8 Å². The molecule has 5 nitrogen and oxygen atoms in total. The Balaban J connectivity index is 2.28. The van der Waals surface area contributed by atoms with E-state index >= 15 is 0 Å². The Morgan fingerprint density at radius 3 is 2.35 bits per heavy atom. The van der Waals surface area contributed by atoms with Crippen LogP contribution in [0.4, 0.5) is 24.5 Å². The highest BCUT2D eigenvalue weighted by Gasteiger charge is 2.33. The maximum atomic E-state index is 13.6. The number of unbranched alkanes of at least 4 members (excludes halogenated alkanes) is 6. The molecular weight excluding hydrogens is 490 g/mol. The number of carbonyl (C=O) groups is 2. The van der Waals surface area contributed by atoms with E-state index < -0.39 is 23.6 Å². The molecule has 1 heterocycles. The second kappa shape index (κ2) is 13.5. The molecule has 10 heteroatoms. The molecule has 1 N–H and O–H groups in total. The third kappa shape index (κ3) is 8.47. The Kier molecular flexibility index (Phi) is 11.1. The average molecular weight is 518 g/mol. The second-order valence-electron chi connectivity index (χ2n) is 7.86. The Labute approximate surface area is 207 Å². The van der Waals surface area contributed by atoms with Gasteiger partial charge in [0.15, 0.2) is 5.15 Å². The van der Waals surface area contributed by atoms with Crippen molar-refractivity contribution in [2.45, 2.75) is 58.0 Å². The zero-order valence-corrected chi connectivity index (χ0v) is 20.4. The van der Waals surface area contributed by atoms with Crippen LogP contribution in [0.1, 0.15) is 67.8 Å². The molecule has 2 amide bonds. The number of rotatable bonds is 12. The lowest BCUT2D eigenvalue weighted by molar-refractivity contribution is -0.137. The lowest BCUT2D eigenvalue weighted by Gasteiger charge is -2.24. The molecule has 0 spiro atoms. The van der Waals surface area contributed by atoms with Crippen LogP contribution in [0.5, 0.6) is 0 Å². The third-order valence-electron chi connectivity index (χ3n) is 5.23. The first-order valence-electron chi connectivity index (χ1n) is 11.2. The second-order valence-corrected chi connectivity index (χ2v) is 8.49. The van der Waals surface area contributed by atoms with E-state index in [9.17, 15) is 22.8 Å². The number of benzene rings is 1. The lowest BCUT2D eigenvalue weighted by Crippen LogP contribution is -2.33. The summed E-state index contributed by atoms with van der Waals surface area (Å²) < 4.78 is 40.8. The molecule has 0 saturated heterocycles. The van der Waals surface area contributed by atoms with Gasteiger partial charge in [0.05, 0.1) is 11.3 Å². The number of hydrogen-bond acceptors (Lipinski definition) is 3. The van der Waals surface area contributed by atoms with Gasteiger partial charge in [-0.05, 0) is 36.8 Å². The highest BCUT2D eigenvalue weighted by molar-refractivity contribution is 6.32. The summed E-state index contributed by atoms with van der Waals surface area (Å²) in [5.41, 5.74) is -1.19. The molecule has 0 bridgehead atoms. The minimum atomic E-state index is -4.72. The Hall–Kier alpha value is -2.32. The fourth-order valence-electron chi connectivity index (χ4n) is 3.43. The number of alkyl halides is 4. The summed E-state index contributed by atoms with van der Waals surface area (Å²) in [4.78, 5) is 30.3. The average Bonchev–Trinajstić information content (AvgIpc) is 2.81.